The zero-order valence-electron chi connectivity index (χ0n) is 14.0. The van der Waals surface area contributed by atoms with Crippen LogP contribution < -0.4 is 10.2 Å². The molecule has 1 N–H and O–H groups in total. The van der Waals surface area contributed by atoms with Crippen LogP contribution in [0.5, 0.6) is 0 Å². The molecule has 1 aliphatic heterocycles. The molecule has 0 aliphatic carbocycles. The van der Waals surface area contributed by atoms with Gasteiger partial charge in [0.25, 0.3) is 0 Å². The summed E-state index contributed by atoms with van der Waals surface area (Å²) in [7, 11) is 0. The Morgan fingerprint density at radius 1 is 1.33 bits per heavy atom. The van der Waals surface area contributed by atoms with E-state index in [1.54, 1.807) is 4.90 Å². The van der Waals surface area contributed by atoms with Crippen LogP contribution in [0.1, 0.15) is 37.8 Å². The number of aromatic nitrogens is 2. The molecule has 24 heavy (non-hydrogen) atoms. The molecular weight excluding hydrogens is 324 g/mol. The van der Waals surface area contributed by atoms with Crippen LogP contribution in [0.2, 0.25) is 0 Å². The fourth-order valence-corrected chi connectivity index (χ4v) is 3.60. The molecule has 2 heterocycles. The Labute approximate surface area is 144 Å². The van der Waals surface area contributed by atoms with Crippen molar-refractivity contribution in [2.75, 3.05) is 16.8 Å². The van der Waals surface area contributed by atoms with Crippen molar-refractivity contribution in [1.82, 2.24) is 10.2 Å². The Bertz CT molecular complexity index is 784. The number of fused-ring (bicyclic) bond motifs is 1. The Morgan fingerprint density at radius 2 is 2.08 bits per heavy atom. The number of carbonyl (C=O) groups is 2. The van der Waals surface area contributed by atoms with E-state index in [2.05, 4.69) is 29.4 Å². The topological polar surface area (TPSA) is 75.2 Å². The molecule has 0 unspecified atom stereocenters. The minimum atomic E-state index is -0.267. The number of amides is 2. The number of para-hydroxylation sites is 1. The van der Waals surface area contributed by atoms with E-state index in [-0.39, 0.29) is 23.8 Å². The Balaban J connectivity index is 1.79. The van der Waals surface area contributed by atoms with Crippen molar-refractivity contribution < 1.29 is 9.59 Å². The normalized spacial score (nSPS) is 16.0. The average molecular weight is 344 g/mol. The molecule has 0 atom stereocenters. The number of nitrogens with zero attached hydrogens (tertiary/aromatic N) is 3. The van der Waals surface area contributed by atoms with Gasteiger partial charge in [0.1, 0.15) is 11.6 Å². The molecule has 0 radical (unpaired) electrons. The first-order chi connectivity index (χ1) is 11.4. The molecular formula is C17H20N4O2S. The number of anilines is 2. The Morgan fingerprint density at radius 3 is 2.79 bits per heavy atom. The van der Waals surface area contributed by atoms with Crippen LogP contribution in [0, 0.1) is 0 Å². The number of aryl methyl sites for hydroxylation is 1. The fraction of sp³-hybridized carbons (Fsp3) is 0.412. The lowest BCUT2D eigenvalue weighted by Gasteiger charge is -2.38. The number of rotatable bonds is 4. The van der Waals surface area contributed by atoms with Crippen molar-refractivity contribution in [2.45, 2.75) is 39.0 Å². The van der Waals surface area contributed by atoms with Crippen LogP contribution in [0.4, 0.5) is 10.8 Å². The predicted octanol–water partition coefficient (Wildman–Crippen LogP) is 2.75. The molecule has 0 spiro atoms. The van der Waals surface area contributed by atoms with Gasteiger partial charge in [-0.1, -0.05) is 50.3 Å². The predicted molar refractivity (Wildman–Crippen MR) is 94.4 cm³/mol. The lowest BCUT2D eigenvalue weighted by atomic mass is 9.77. The Hall–Kier alpha value is -2.28. The first-order valence-corrected chi connectivity index (χ1v) is 8.74. The summed E-state index contributed by atoms with van der Waals surface area (Å²) in [4.78, 5) is 26.4. The first kappa shape index (κ1) is 16.6. The van der Waals surface area contributed by atoms with Gasteiger partial charge in [0.05, 0.1) is 0 Å². The summed E-state index contributed by atoms with van der Waals surface area (Å²) >= 11 is 1.35. The molecule has 7 heteroatoms. The van der Waals surface area contributed by atoms with Crippen LogP contribution in [-0.2, 0) is 21.4 Å². The van der Waals surface area contributed by atoms with Crippen molar-refractivity contribution in [2.24, 2.45) is 0 Å². The molecule has 0 fully saturated rings. The van der Waals surface area contributed by atoms with Gasteiger partial charge < -0.3 is 4.90 Å². The molecule has 1 aliphatic rings. The van der Waals surface area contributed by atoms with E-state index in [1.807, 2.05) is 31.2 Å². The maximum absolute atomic E-state index is 12.5. The molecule has 2 aromatic rings. The summed E-state index contributed by atoms with van der Waals surface area (Å²) in [5.74, 6) is -0.308. The third-order valence-electron chi connectivity index (χ3n) is 4.14. The highest BCUT2D eigenvalue weighted by Gasteiger charge is 2.37. The highest BCUT2D eigenvalue weighted by atomic mass is 32.1. The number of benzene rings is 1. The van der Waals surface area contributed by atoms with Gasteiger partial charge in [-0.2, -0.15) is 0 Å². The van der Waals surface area contributed by atoms with Crippen LogP contribution in [0.25, 0.3) is 0 Å². The molecule has 6 nitrogen and oxygen atoms in total. The molecule has 1 aromatic carbocycles. The van der Waals surface area contributed by atoms with E-state index >= 15 is 0 Å². The van der Waals surface area contributed by atoms with Crippen molar-refractivity contribution in [3.63, 3.8) is 0 Å². The van der Waals surface area contributed by atoms with E-state index < -0.39 is 0 Å². The second-order valence-electron chi connectivity index (χ2n) is 6.46. The van der Waals surface area contributed by atoms with E-state index in [9.17, 15) is 9.59 Å². The van der Waals surface area contributed by atoms with Crippen LogP contribution in [0.3, 0.4) is 0 Å². The standard InChI is InChI=1S/C17H20N4O2S/c1-4-14-19-20-16(24-14)18-13(22)10-21-12-8-6-5-7-11(12)17(2,3)9-15(21)23/h5-8H,4,9-10H2,1-3H3,(H,18,20,22). The number of hydrogen-bond donors (Lipinski definition) is 1. The van der Waals surface area contributed by atoms with Gasteiger partial charge in [0.15, 0.2) is 0 Å². The highest BCUT2D eigenvalue weighted by Crippen LogP contribution is 2.39. The first-order valence-electron chi connectivity index (χ1n) is 7.93. The van der Waals surface area contributed by atoms with Gasteiger partial charge in [-0.3, -0.25) is 14.9 Å². The van der Waals surface area contributed by atoms with Gasteiger partial charge in [-0.05, 0) is 18.1 Å². The SMILES string of the molecule is CCc1nnc(NC(=O)CN2C(=O)CC(C)(C)c3ccccc32)s1. The second-order valence-corrected chi connectivity index (χ2v) is 7.52. The minimum absolute atomic E-state index is 0.0209. The highest BCUT2D eigenvalue weighted by molar-refractivity contribution is 7.15. The Kier molecular flexibility index (Phi) is 4.36. The molecule has 0 saturated heterocycles. The fourth-order valence-electron chi connectivity index (χ4n) is 2.91. The maximum atomic E-state index is 12.5. The molecule has 0 bridgehead atoms. The third-order valence-corrected chi connectivity index (χ3v) is 5.12. The zero-order valence-corrected chi connectivity index (χ0v) is 14.8. The summed E-state index contributed by atoms with van der Waals surface area (Å²) in [5, 5.41) is 12.0. The number of nitrogens with one attached hydrogen (secondary N) is 1. The summed E-state index contributed by atoms with van der Waals surface area (Å²) in [6, 6.07) is 7.76. The van der Waals surface area contributed by atoms with E-state index in [0.29, 0.717) is 11.6 Å². The van der Waals surface area contributed by atoms with Gasteiger partial charge in [-0.25, -0.2) is 0 Å². The number of carbonyl (C=O) groups excluding carboxylic acids is 2. The van der Waals surface area contributed by atoms with Gasteiger partial charge in [0.2, 0.25) is 16.9 Å². The van der Waals surface area contributed by atoms with Gasteiger partial charge in [0, 0.05) is 17.5 Å². The lowest BCUT2D eigenvalue weighted by Crippen LogP contribution is -2.45. The zero-order chi connectivity index (χ0) is 17.3. The quantitative estimate of drug-likeness (QED) is 0.925. The van der Waals surface area contributed by atoms with E-state index in [1.165, 1.54) is 11.3 Å². The van der Waals surface area contributed by atoms with Crippen LogP contribution in [0.15, 0.2) is 24.3 Å². The second kappa shape index (κ2) is 6.32. The van der Waals surface area contributed by atoms with Crippen molar-refractivity contribution in [3.8, 4) is 0 Å². The number of hydrogen-bond acceptors (Lipinski definition) is 5. The van der Waals surface area contributed by atoms with Crippen LogP contribution in [-0.4, -0.2) is 28.6 Å². The molecule has 0 saturated carbocycles. The molecule has 2 amide bonds. The summed E-state index contributed by atoms with van der Waals surface area (Å²) in [6.45, 7) is 6.06. The van der Waals surface area contributed by atoms with Crippen molar-refractivity contribution >= 4 is 34.0 Å². The smallest absolute Gasteiger partial charge is 0.246 e. The van der Waals surface area contributed by atoms with Gasteiger partial charge in [-0.15, -0.1) is 10.2 Å². The summed E-state index contributed by atoms with van der Waals surface area (Å²) in [5.41, 5.74) is 1.66. The monoisotopic (exact) mass is 344 g/mol. The largest absolute Gasteiger partial charge is 0.303 e. The third kappa shape index (κ3) is 3.17. The summed E-state index contributed by atoms with van der Waals surface area (Å²) in [6.07, 6.45) is 1.16. The molecule has 3 rings (SSSR count). The van der Waals surface area contributed by atoms with E-state index in [0.717, 1.165) is 22.7 Å². The minimum Gasteiger partial charge on any atom is -0.303 e. The molecule has 1 aromatic heterocycles. The summed E-state index contributed by atoms with van der Waals surface area (Å²) < 4.78 is 0. The maximum Gasteiger partial charge on any atom is 0.246 e. The van der Waals surface area contributed by atoms with Crippen molar-refractivity contribution in [1.29, 1.82) is 0 Å². The van der Waals surface area contributed by atoms with Crippen molar-refractivity contribution in [3.05, 3.63) is 34.8 Å². The van der Waals surface area contributed by atoms with Gasteiger partial charge >= 0.3 is 0 Å². The van der Waals surface area contributed by atoms with E-state index in [4.69, 9.17) is 0 Å². The lowest BCUT2D eigenvalue weighted by molar-refractivity contribution is -0.122. The molecule has 126 valence electrons. The van der Waals surface area contributed by atoms with Crippen LogP contribution >= 0.6 is 11.3 Å². The average Bonchev–Trinajstić information content (AvgIpc) is 2.98.